The number of sulfonamides is 1. The molecule has 2 aliphatic carbocycles. The number of carboxylic acid groups (broad SMARTS) is 1. The summed E-state index contributed by atoms with van der Waals surface area (Å²) in [5.41, 5.74) is -0.244. The van der Waals surface area contributed by atoms with Gasteiger partial charge < -0.3 is 14.9 Å². The van der Waals surface area contributed by atoms with Gasteiger partial charge in [-0.3, -0.25) is 0 Å². The minimum atomic E-state index is -3.88. The molecule has 190 valence electrons. The first-order valence-corrected chi connectivity index (χ1v) is 13.9. The smallest absolute Gasteiger partial charge is 0.337 e. The number of rotatable bonds is 5. The molecule has 5 fully saturated rings. The van der Waals surface area contributed by atoms with Crippen LogP contribution in [-0.2, 0) is 10.0 Å². The molecule has 1 aromatic heterocycles. The van der Waals surface area contributed by atoms with Crippen molar-refractivity contribution in [2.75, 3.05) is 39.3 Å². The molecule has 1 N–H and O–H groups in total. The first kappa shape index (κ1) is 22.2. The summed E-state index contributed by atoms with van der Waals surface area (Å²) in [4.78, 5) is 32.4. The highest BCUT2D eigenvalue weighted by atomic mass is 32.2. The third kappa shape index (κ3) is 3.30. The van der Waals surface area contributed by atoms with Crippen LogP contribution in [-0.4, -0.2) is 93.7 Å². The summed E-state index contributed by atoms with van der Waals surface area (Å²) in [6.45, 7) is 3.21. The van der Waals surface area contributed by atoms with E-state index < -0.39 is 16.0 Å². The summed E-state index contributed by atoms with van der Waals surface area (Å²) >= 11 is 0. The van der Waals surface area contributed by atoms with Crippen molar-refractivity contribution in [3.63, 3.8) is 0 Å². The predicted octanol–water partition coefficient (Wildman–Crippen LogP) is 1.62. The van der Waals surface area contributed by atoms with E-state index in [0.29, 0.717) is 38.1 Å². The van der Waals surface area contributed by atoms with Crippen molar-refractivity contribution < 1.29 is 23.1 Å². The van der Waals surface area contributed by atoms with Crippen molar-refractivity contribution in [3.8, 4) is 0 Å². The van der Waals surface area contributed by atoms with Crippen molar-refractivity contribution in [1.82, 2.24) is 28.9 Å². The van der Waals surface area contributed by atoms with Crippen LogP contribution in [0, 0.1) is 10.8 Å². The van der Waals surface area contributed by atoms with Gasteiger partial charge in [-0.15, -0.1) is 0 Å². The molecule has 0 bridgehead atoms. The first-order chi connectivity index (χ1) is 17.2. The van der Waals surface area contributed by atoms with Gasteiger partial charge in [-0.2, -0.15) is 9.40 Å². The van der Waals surface area contributed by atoms with Crippen LogP contribution in [0.15, 0.2) is 35.5 Å². The normalized spacial score (nSPS) is 24.7. The summed E-state index contributed by atoms with van der Waals surface area (Å²) in [5.74, 6) is 0.265. The lowest BCUT2D eigenvalue weighted by Gasteiger charge is -2.63. The van der Waals surface area contributed by atoms with Crippen molar-refractivity contribution in [1.29, 1.82) is 0 Å². The number of likely N-dealkylation sites (tertiary alicyclic amines) is 2. The maximum atomic E-state index is 13.0. The lowest BCUT2D eigenvalue weighted by molar-refractivity contribution is -0.101. The van der Waals surface area contributed by atoms with Gasteiger partial charge in [0.1, 0.15) is 6.33 Å². The Kier molecular flexibility index (Phi) is 4.50. The fraction of sp³-hybridized carbons (Fsp3) is 0.583. The fourth-order valence-electron chi connectivity index (χ4n) is 6.45. The number of urea groups is 1. The van der Waals surface area contributed by atoms with Gasteiger partial charge in [0.25, 0.3) is 0 Å². The quantitative estimate of drug-likeness (QED) is 0.644. The van der Waals surface area contributed by atoms with E-state index in [1.165, 1.54) is 41.4 Å². The lowest BCUT2D eigenvalue weighted by atomic mass is 9.60. The topological polar surface area (TPSA) is 129 Å². The van der Waals surface area contributed by atoms with Crippen molar-refractivity contribution >= 4 is 22.0 Å². The molecule has 36 heavy (non-hydrogen) atoms. The van der Waals surface area contributed by atoms with E-state index in [0.717, 1.165) is 31.8 Å². The van der Waals surface area contributed by atoms with Crippen LogP contribution in [0.2, 0.25) is 0 Å². The van der Waals surface area contributed by atoms with Crippen LogP contribution >= 0.6 is 0 Å². The van der Waals surface area contributed by atoms with E-state index in [1.807, 2.05) is 15.9 Å². The second kappa shape index (κ2) is 7.28. The lowest BCUT2D eigenvalue weighted by Crippen LogP contribution is -2.76. The molecule has 11 nitrogen and oxygen atoms in total. The van der Waals surface area contributed by atoms with Crippen molar-refractivity contribution in [3.05, 3.63) is 42.0 Å². The monoisotopic (exact) mass is 512 g/mol. The second-order valence-corrected chi connectivity index (χ2v) is 13.4. The van der Waals surface area contributed by atoms with E-state index in [-0.39, 0.29) is 27.3 Å². The number of hydrogen-bond acceptors (Lipinski definition) is 6. The highest BCUT2D eigenvalue weighted by Crippen LogP contribution is 2.54. The summed E-state index contributed by atoms with van der Waals surface area (Å²) in [6.07, 6.45) is 6.30. The molecule has 3 saturated heterocycles. The molecular formula is C24H28N6O5S. The number of carbonyl (C=O) groups excluding carboxylic acids is 1. The number of aromatic carboxylic acids is 1. The van der Waals surface area contributed by atoms with Gasteiger partial charge in [0.05, 0.1) is 16.5 Å². The predicted molar refractivity (Wildman–Crippen MR) is 126 cm³/mol. The number of benzene rings is 1. The van der Waals surface area contributed by atoms with Crippen LogP contribution in [0.4, 0.5) is 4.79 Å². The van der Waals surface area contributed by atoms with Crippen LogP contribution in [0.3, 0.4) is 0 Å². The Hall–Kier alpha value is -2.99. The Balaban J connectivity index is 0.898. The molecule has 2 saturated carbocycles. The molecule has 0 unspecified atom stereocenters. The molecule has 0 radical (unpaired) electrons. The number of nitrogens with zero attached hydrogens (tertiary/aromatic N) is 6. The van der Waals surface area contributed by atoms with E-state index in [2.05, 4.69) is 10.1 Å². The maximum absolute atomic E-state index is 13.0. The van der Waals surface area contributed by atoms with Crippen molar-refractivity contribution in [2.45, 2.75) is 42.5 Å². The summed E-state index contributed by atoms with van der Waals surface area (Å²) in [7, 11) is -3.88. The molecule has 5 aliphatic rings. The standard InChI is InChI=1S/C24H28N6O5S/c31-21(32)18-3-1-2-4-19(18)36(34,35)29-13-24(14-29)11-28(12-24)22(33)27-9-23(10-27)7-17(8-23)30-15-25-20(26-30)16-5-6-16/h1-4,15-17H,5-14H2,(H,31,32). The number of carboxylic acids is 1. The van der Waals surface area contributed by atoms with Gasteiger partial charge in [-0.05, 0) is 37.8 Å². The highest BCUT2D eigenvalue weighted by Gasteiger charge is 2.60. The molecule has 1 aromatic carbocycles. The zero-order chi connectivity index (χ0) is 24.9. The summed E-state index contributed by atoms with van der Waals surface area (Å²) in [6, 6.07) is 6.09. The first-order valence-electron chi connectivity index (χ1n) is 12.4. The minimum absolute atomic E-state index is 0.0315. The van der Waals surface area contributed by atoms with E-state index in [9.17, 15) is 23.1 Å². The van der Waals surface area contributed by atoms with Crippen LogP contribution in [0.25, 0.3) is 0 Å². The largest absolute Gasteiger partial charge is 0.478 e. The summed E-state index contributed by atoms with van der Waals surface area (Å²) in [5, 5.41) is 14.0. The molecule has 4 heterocycles. The molecule has 12 heteroatoms. The van der Waals surface area contributed by atoms with Gasteiger partial charge in [0.15, 0.2) is 5.82 Å². The molecule has 2 aromatic rings. The average molecular weight is 513 g/mol. The van der Waals surface area contributed by atoms with Crippen LogP contribution in [0.5, 0.6) is 0 Å². The van der Waals surface area contributed by atoms with Crippen molar-refractivity contribution in [2.24, 2.45) is 10.8 Å². The third-order valence-electron chi connectivity index (χ3n) is 8.59. The Morgan fingerprint density at radius 1 is 0.944 bits per heavy atom. The van der Waals surface area contributed by atoms with Gasteiger partial charge in [-0.1, -0.05) is 12.1 Å². The zero-order valence-electron chi connectivity index (χ0n) is 19.8. The minimum Gasteiger partial charge on any atom is -0.478 e. The van der Waals surface area contributed by atoms with Crippen LogP contribution < -0.4 is 0 Å². The molecule has 7 rings (SSSR count). The number of hydrogen-bond donors (Lipinski definition) is 1. The number of carbonyl (C=O) groups is 2. The Morgan fingerprint density at radius 2 is 1.58 bits per heavy atom. The number of aromatic nitrogens is 3. The van der Waals surface area contributed by atoms with E-state index >= 15 is 0 Å². The van der Waals surface area contributed by atoms with E-state index in [4.69, 9.17) is 0 Å². The molecule has 2 amide bonds. The Bertz CT molecular complexity index is 1360. The maximum Gasteiger partial charge on any atom is 0.337 e. The molecule has 3 aliphatic heterocycles. The molecular weight excluding hydrogens is 484 g/mol. The van der Waals surface area contributed by atoms with E-state index in [1.54, 1.807) is 4.90 Å². The van der Waals surface area contributed by atoms with Gasteiger partial charge in [0, 0.05) is 56.0 Å². The van der Waals surface area contributed by atoms with Gasteiger partial charge >= 0.3 is 12.0 Å². The second-order valence-electron chi connectivity index (χ2n) is 11.5. The van der Waals surface area contributed by atoms with Gasteiger partial charge in [-0.25, -0.2) is 27.7 Å². The Morgan fingerprint density at radius 3 is 2.22 bits per heavy atom. The highest BCUT2D eigenvalue weighted by molar-refractivity contribution is 7.89. The third-order valence-corrected chi connectivity index (χ3v) is 10.4. The van der Waals surface area contributed by atoms with Crippen LogP contribution in [0.1, 0.15) is 53.8 Å². The molecule has 0 atom stereocenters. The SMILES string of the molecule is O=C(O)c1ccccc1S(=O)(=O)N1CC2(CN(C(=O)N3CC4(CC(n5cnc(C6CC6)n5)C4)C3)C2)C1. The molecule has 2 spiro atoms. The Labute approximate surface area is 208 Å². The fourth-order valence-corrected chi connectivity index (χ4v) is 8.30. The summed E-state index contributed by atoms with van der Waals surface area (Å²) < 4.78 is 29.3. The van der Waals surface area contributed by atoms with Gasteiger partial charge in [0.2, 0.25) is 10.0 Å². The number of amides is 2. The average Bonchev–Trinajstić information content (AvgIpc) is 3.47. The zero-order valence-corrected chi connectivity index (χ0v) is 20.6.